The lowest BCUT2D eigenvalue weighted by Crippen LogP contribution is -2.23. The van der Waals surface area contributed by atoms with Gasteiger partial charge in [0.15, 0.2) is 11.0 Å². The summed E-state index contributed by atoms with van der Waals surface area (Å²) in [5.74, 6) is 1.14. The van der Waals surface area contributed by atoms with Crippen LogP contribution in [0.1, 0.15) is 26.3 Å². The van der Waals surface area contributed by atoms with Crippen molar-refractivity contribution in [2.45, 2.75) is 44.6 Å². The summed E-state index contributed by atoms with van der Waals surface area (Å²) in [5.41, 5.74) is 2.79. The summed E-state index contributed by atoms with van der Waals surface area (Å²) in [6.45, 7) is 8.93. The molecule has 0 aliphatic rings. The number of nitrogens with zero attached hydrogens (tertiary/aromatic N) is 4. The Balaban J connectivity index is 1.80. The number of hydrogen-bond acceptors (Lipinski definition) is 5. The van der Waals surface area contributed by atoms with Crippen LogP contribution < -0.4 is 5.32 Å². The van der Waals surface area contributed by atoms with Crippen LogP contribution >= 0.6 is 11.8 Å². The first kappa shape index (κ1) is 20.1. The van der Waals surface area contributed by atoms with E-state index in [1.807, 2.05) is 50.2 Å². The minimum Gasteiger partial charge on any atom is -0.325 e. The maximum Gasteiger partial charge on any atom is 0.237 e. The molecule has 1 aromatic carbocycles. The number of aryl methyl sites for hydroxylation is 1. The molecule has 28 heavy (non-hydrogen) atoms. The average Bonchev–Trinajstić information content (AvgIpc) is 3.06. The molecule has 1 N–H and O–H groups in total. The smallest absolute Gasteiger partial charge is 0.237 e. The van der Waals surface area contributed by atoms with E-state index < -0.39 is 0 Å². The zero-order chi connectivity index (χ0) is 20.1. The van der Waals surface area contributed by atoms with Gasteiger partial charge < -0.3 is 9.88 Å². The predicted molar refractivity (Wildman–Crippen MR) is 113 cm³/mol. The van der Waals surface area contributed by atoms with Crippen molar-refractivity contribution in [1.29, 1.82) is 0 Å². The van der Waals surface area contributed by atoms with Crippen LogP contribution in [-0.4, -0.2) is 30.9 Å². The first-order chi connectivity index (χ1) is 13.5. The van der Waals surface area contributed by atoms with Crippen LogP contribution in [0.3, 0.4) is 0 Å². The molecule has 0 saturated heterocycles. The van der Waals surface area contributed by atoms with E-state index in [0.717, 1.165) is 34.3 Å². The highest BCUT2D eigenvalue weighted by atomic mass is 32.2. The van der Waals surface area contributed by atoms with Crippen molar-refractivity contribution in [2.75, 3.05) is 5.32 Å². The molecule has 3 rings (SSSR count). The van der Waals surface area contributed by atoms with Gasteiger partial charge in [-0.1, -0.05) is 43.8 Å². The fourth-order valence-electron chi connectivity index (χ4n) is 2.77. The number of para-hydroxylation sites is 1. The SMILES string of the molecule is Cc1ccccc1NC(=O)[C@H](C)Sc1nnc(-c2cccnc2)n1CC(C)C. The molecule has 6 nitrogen and oxygen atoms in total. The highest BCUT2D eigenvalue weighted by molar-refractivity contribution is 8.00. The van der Waals surface area contributed by atoms with Gasteiger partial charge in [-0.25, -0.2) is 0 Å². The van der Waals surface area contributed by atoms with Crippen LogP contribution in [-0.2, 0) is 11.3 Å². The molecule has 0 unspecified atom stereocenters. The summed E-state index contributed by atoms with van der Waals surface area (Å²) in [7, 11) is 0. The molecule has 7 heteroatoms. The molecule has 2 aromatic heterocycles. The van der Waals surface area contributed by atoms with Gasteiger partial charge in [0.05, 0.1) is 5.25 Å². The van der Waals surface area contributed by atoms with Crippen molar-refractivity contribution in [3.05, 3.63) is 54.4 Å². The third kappa shape index (κ3) is 4.78. The van der Waals surface area contributed by atoms with Crippen LogP contribution in [0.5, 0.6) is 0 Å². The molecule has 1 amide bonds. The Hall–Kier alpha value is -2.67. The quantitative estimate of drug-likeness (QED) is 0.599. The predicted octanol–water partition coefficient (Wildman–Crippen LogP) is 4.42. The minimum absolute atomic E-state index is 0.0543. The van der Waals surface area contributed by atoms with E-state index in [0.29, 0.717) is 5.92 Å². The van der Waals surface area contributed by atoms with Crippen molar-refractivity contribution in [3.63, 3.8) is 0 Å². The van der Waals surface area contributed by atoms with Gasteiger partial charge in [-0.3, -0.25) is 9.78 Å². The number of hydrogen-bond donors (Lipinski definition) is 1. The first-order valence-corrected chi connectivity index (χ1v) is 10.2. The second-order valence-corrected chi connectivity index (χ2v) is 8.42. The van der Waals surface area contributed by atoms with Gasteiger partial charge in [0.1, 0.15) is 0 Å². The molecule has 0 aliphatic heterocycles. The highest BCUT2D eigenvalue weighted by Gasteiger charge is 2.21. The van der Waals surface area contributed by atoms with E-state index in [2.05, 4.69) is 38.9 Å². The number of thioether (sulfide) groups is 1. The lowest BCUT2D eigenvalue weighted by molar-refractivity contribution is -0.115. The molecule has 1 atom stereocenters. The first-order valence-electron chi connectivity index (χ1n) is 9.32. The molecule has 0 spiro atoms. The second-order valence-electron chi connectivity index (χ2n) is 7.12. The molecule has 3 aromatic rings. The van der Waals surface area contributed by atoms with Gasteiger partial charge in [-0.15, -0.1) is 10.2 Å². The maximum atomic E-state index is 12.7. The number of aromatic nitrogens is 4. The maximum absolute atomic E-state index is 12.7. The summed E-state index contributed by atoms with van der Waals surface area (Å²) >= 11 is 1.42. The summed E-state index contributed by atoms with van der Waals surface area (Å²) in [4.78, 5) is 16.9. The lowest BCUT2D eigenvalue weighted by atomic mass is 10.2. The Kier molecular flexibility index (Phi) is 6.46. The van der Waals surface area contributed by atoms with Crippen molar-refractivity contribution in [3.8, 4) is 11.4 Å². The Labute approximate surface area is 169 Å². The van der Waals surface area contributed by atoms with Gasteiger partial charge in [0.2, 0.25) is 5.91 Å². The van der Waals surface area contributed by atoms with Crippen LogP contribution in [0.4, 0.5) is 5.69 Å². The van der Waals surface area contributed by atoms with E-state index in [9.17, 15) is 4.79 Å². The van der Waals surface area contributed by atoms with E-state index >= 15 is 0 Å². The van der Waals surface area contributed by atoms with Gasteiger partial charge >= 0.3 is 0 Å². The zero-order valence-corrected chi connectivity index (χ0v) is 17.4. The molecule has 0 bridgehead atoms. The average molecular weight is 396 g/mol. The number of pyridine rings is 1. The van der Waals surface area contributed by atoms with E-state index in [4.69, 9.17) is 0 Å². The van der Waals surface area contributed by atoms with Crippen molar-refractivity contribution >= 4 is 23.4 Å². The number of benzene rings is 1. The number of carbonyl (C=O) groups is 1. The minimum atomic E-state index is -0.309. The molecular weight excluding hydrogens is 370 g/mol. The normalized spacial score (nSPS) is 12.2. The summed E-state index contributed by atoms with van der Waals surface area (Å²) in [5, 5.41) is 12.2. The van der Waals surface area contributed by atoms with Gasteiger partial charge in [0.25, 0.3) is 0 Å². The van der Waals surface area contributed by atoms with Gasteiger partial charge in [0, 0.05) is 30.2 Å². The molecule has 0 radical (unpaired) electrons. The second kappa shape index (κ2) is 9.01. The number of rotatable bonds is 7. The summed E-state index contributed by atoms with van der Waals surface area (Å²) in [6, 6.07) is 11.6. The molecule has 146 valence electrons. The zero-order valence-electron chi connectivity index (χ0n) is 16.6. The molecule has 0 saturated carbocycles. The van der Waals surface area contributed by atoms with Crippen LogP contribution in [0.15, 0.2) is 53.9 Å². The number of amides is 1. The monoisotopic (exact) mass is 395 g/mol. The number of nitrogens with one attached hydrogen (secondary N) is 1. The Morgan fingerprint density at radius 2 is 1.93 bits per heavy atom. The van der Waals surface area contributed by atoms with E-state index in [1.54, 1.807) is 12.4 Å². The summed E-state index contributed by atoms with van der Waals surface area (Å²) < 4.78 is 2.07. The third-order valence-corrected chi connectivity index (χ3v) is 5.32. The van der Waals surface area contributed by atoms with Crippen LogP contribution in [0, 0.1) is 12.8 Å². The fraction of sp³-hybridized carbons (Fsp3) is 0.333. The van der Waals surface area contributed by atoms with Crippen LogP contribution in [0.2, 0.25) is 0 Å². The Morgan fingerprint density at radius 3 is 2.61 bits per heavy atom. The number of carbonyl (C=O) groups excluding carboxylic acids is 1. The molecule has 0 fully saturated rings. The Morgan fingerprint density at radius 1 is 1.14 bits per heavy atom. The fourth-order valence-corrected chi connectivity index (χ4v) is 3.63. The number of anilines is 1. The van der Waals surface area contributed by atoms with E-state index in [-0.39, 0.29) is 11.2 Å². The molecule has 0 aliphatic carbocycles. The summed E-state index contributed by atoms with van der Waals surface area (Å²) in [6.07, 6.45) is 3.52. The van der Waals surface area contributed by atoms with Crippen molar-refractivity contribution < 1.29 is 4.79 Å². The van der Waals surface area contributed by atoms with Gasteiger partial charge in [-0.05, 0) is 43.5 Å². The topological polar surface area (TPSA) is 72.7 Å². The Bertz CT molecular complexity index is 939. The highest BCUT2D eigenvalue weighted by Crippen LogP contribution is 2.28. The van der Waals surface area contributed by atoms with E-state index in [1.165, 1.54) is 11.8 Å². The van der Waals surface area contributed by atoms with Crippen molar-refractivity contribution in [2.24, 2.45) is 5.92 Å². The third-order valence-electron chi connectivity index (χ3n) is 4.24. The molecule has 2 heterocycles. The standard InChI is InChI=1S/C21H25N5OS/c1-14(2)13-26-19(17-9-7-11-22-12-17)24-25-21(26)28-16(4)20(27)23-18-10-6-5-8-15(18)3/h5-12,14,16H,13H2,1-4H3,(H,23,27)/t16-/m0/s1. The largest absolute Gasteiger partial charge is 0.325 e. The van der Waals surface area contributed by atoms with Gasteiger partial charge in [-0.2, -0.15) is 0 Å². The lowest BCUT2D eigenvalue weighted by Gasteiger charge is -2.15. The van der Waals surface area contributed by atoms with Crippen LogP contribution in [0.25, 0.3) is 11.4 Å². The van der Waals surface area contributed by atoms with Crippen molar-refractivity contribution in [1.82, 2.24) is 19.7 Å². The molecular formula is C21H25N5OS.